The molecule has 0 aromatic heterocycles. The van der Waals surface area contributed by atoms with Crippen LogP contribution in [-0.4, -0.2) is 79.3 Å². The number of benzene rings is 1. The molecule has 29 heavy (non-hydrogen) atoms. The summed E-state index contributed by atoms with van der Waals surface area (Å²) in [5.74, 6) is 0.646. The van der Waals surface area contributed by atoms with Crippen molar-refractivity contribution >= 4 is 17.7 Å². The highest BCUT2D eigenvalue weighted by Crippen LogP contribution is 2.22. The Hall–Kier alpha value is -2.28. The summed E-state index contributed by atoms with van der Waals surface area (Å²) >= 11 is 0. The molecule has 2 aliphatic rings. The maximum atomic E-state index is 12.0. The number of carboxylic acid groups (broad SMARTS) is 1. The van der Waals surface area contributed by atoms with Crippen molar-refractivity contribution < 1.29 is 14.7 Å². The van der Waals surface area contributed by atoms with Crippen LogP contribution in [0.3, 0.4) is 0 Å². The van der Waals surface area contributed by atoms with Gasteiger partial charge in [-0.15, -0.1) is 0 Å². The SMILES string of the molecule is CCCNC(=O)c1ccc(N2CCN(CCC3CCN(C(=O)O)CC3)CC2)cc1. The molecule has 0 unspecified atom stereocenters. The number of carbonyl (C=O) groups is 2. The molecule has 2 heterocycles. The highest BCUT2D eigenvalue weighted by atomic mass is 16.4. The Bertz CT molecular complexity index is 663. The number of rotatable bonds is 7. The van der Waals surface area contributed by atoms with E-state index in [1.165, 1.54) is 10.6 Å². The molecule has 2 N–H and O–H groups in total. The van der Waals surface area contributed by atoms with E-state index in [1.54, 1.807) is 0 Å². The molecule has 0 atom stereocenters. The lowest BCUT2D eigenvalue weighted by atomic mass is 9.93. The number of carbonyl (C=O) groups excluding carboxylic acids is 1. The molecule has 0 spiro atoms. The van der Waals surface area contributed by atoms with Gasteiger partial charge >= 0.3 is 6.09 Å². The number of hydrogen-bond donors (Lipinski definition) is 2. The van der Waals surface area contributed by atoms with E-state index in [2.05, 4.69) is 15.1 Å². The maximum Gasteiger partial charge on any atom is 0.407 e. The molecule has 7 nitrogen and oxygen atoms in total. The Morgan fingerprint density at radius 3 is 2.28 bits per heavy atom. The minimum Gasteiger partial charge on any atom is -0.465 e. The first-order chi connectivity index (χ1) is 14.1. The van der Waals surface area contributed by atoms with Crippen LogP contribution >= 0.6 is 0 Å². The normalized spacial score (nSPS) is 18.7. The van der Waals surface area contributed by atoms with Crippen molar-refractivity contribution in [2.45, 2.75) is 32.6 Å². The summed E-state index contributed by atoms with van der Waals surface area (Å²) in [6, 6.07) is 7.92. The lowest BCUT2D eigenvalue weighted by Crippen LogP contribution is -2.47. The second-order valence-electron chi connectivity index (χ2n) is 8.13. The van der Waals surface area contributed by atoms with Crippen LogP contribution in [0.4, 0.5) is 10.5 Å². The van der Waals surface area contributed by atoms with Gasteiger partial charge in [-0.1, -0.05) is 6.92 Å². The van der Waals surface area contributed by atoms with Crippen LogP contribution in [0.5, 0.6) is 0 Å². The molecule has 2 fully saturated rings. The number of amides is 2. The zero-order chi connectivity index (χ0) is 20.6. The van der Waals surface area contributed by atoms with Crippen LogP contribution in [0.1, 0.15) is 43.0 Å². The van der Waals surface area contributed by atoms with Gasteiger partial charge in [-0.2, -0.15) is 0 Å². The van der Waals surface area contributed by atoms with Gasteiger partial charge in [0.1, 0.15) is 0 Å². The van der Waals surface area contributed by atoms with E-state index in [4.69, 9.17) is 5.11 Å². The zero-order valence-electron chi connectivity index (χ0n) is 17.5. The van der Waals surface area contributed by atoms with E-state index in [-0.39, 0.29) is 5.91 Å². The number of piperazine rings is 1. The lowest BCUT2D eigenvalue weighted by molar-refractivity contribution is 0.0953. The Kier molecular flexibility index (Phi) is 7.75. The topological polar surface area (TPSA) is 76.1 Å². The summed E-state index contributed by atoms with van der Waals surface area (Å²) in [7, 11) is 0. The molecule has 0 aliphatic carbocycles. The van der Waals surface area contributed by atoms with Crippen LogP contribution in [0.2, 0.25) is 0 Å². The van der Waals surface area contributed by atoms with Crippen molar-refractivity contribution in [1.29, 1.82) is 0 Å². The zero-order valence-corrected chi connectivity index (χ0v) is 17.5. The molecular formula is C22H34N4O3. The predicted octanol–water partition coefficient (Wildman–Crippen LogP) is 2.73. The van der Waals surface area contributed by atoms with Gasteiger partial charge in [0.25, 0.3) is 5.91 Å². The fraction of sp³-hybridized carbons (Fsp3) is 0.636. The predicted molar refractivity (Wildman–Crippen MR) is 115 cm³/mol. The molecule has 0 bridgehead atoms. The van der Waals surface area contributed by atoms with E-state index in [0.717, 1.165) is 64.0 Å². The quantitative estimate of drug-likeness (QED) is 0.733. The Morgan fingerprint density at radius 2 is 1.69 bits per heavy atom. The summed E-state index contributed by atoms with van der Waals surface area (Å²) in [5.41, 5.74) is 1.90. The molecule has 2 saturated heterocycles. The summed E-state index contributed by atoms with van der Waals surface area (Å²) < 4.78 is 0. The lowest BCUT2D eigenvalue weighted by Gasteiger charge is -2.37. The monoisotopic (exact) mass is 402 g/mol. The van der Waals surface area contributed by atoms with Crippen molar-refractivity contribution in [2.24, 2.45) is 5.92 Å². The summed E-state index contributed by atoms with van der Waals surface area (Å²) in [6.45, 7) is 9.31. The van der Waals surface area contributed by atoms with Gasteiger partial charge in [0.15, 0.2) is 0 Å². The van der Waals surface area contributed by atoms with Gasteiger partial charge in [-0.25, -0.2) is 4.79 Å². The smallest absolute Gasteiger partial charge is 0.407 e. The molecule has 1 aromatic carbocycles. The first-order valence-corrected chi connectivity index (χ1v) is 10.9. The second-order valence-corrected chi connectivity index (χ2v) is 8.13. The summed E-state index contributed by atoms with van der Waals surface area (Å²) in [4.78, 5) is 29.5. The van der Waals surface area contributed by atoms with Crippen molar-refractivity contribution in [2.75, 3.05) is 57.3 Å². The van der Waals surface area contributed by atoms with E-state index >= 15 is 0 Å². The molecule has 3 rings (SSSR count). The average molecular weight is 403 g/mol. The molecule has 1 aromatic rings. The molecule has 160 valence electrons. The van der Waals surface area contributed by atoms with Crippen molar-refractivity contribution in [3.8, 4) is 0 Å². The van der Waals surface area contributed by atoms with Gasteiger partial charge in [0.2, 0.25) is 0 Å². The Labute approximate surface area is 173 Å². The summed E-state index contributed by atoms with van der Waals surface area (Å²) in [5, 5.41) is 12.0. The number of hydrogen-bond acceptors (Lipinski definition) is 4. The van der Waals surface area contributed by atoms with E-state index in [0.29, 0.717) is 25.6 Å². The minimum atomic E-state index is -0.783. The van der Waals surface area contributed by atoms with Crippen molar-refractivity contribution in [3.63, 3.8) is 0 Å². The van der Waals surface area contributed by atoms with Crippen LogP contribution in [-0.2, 0) is 0 Å². The number of anilines is 1. The number of nitrogens with one attached hydrogen (secondary N) is 1. The van der Waals surface area contributed by atoms with Crippen LogP contribution < -0.4 is 10.2 Å². The van der Waals surface area contributed by atoms with E-state index in [1.807, 2.05) is 31.2 Å². The van der Waals surface area contributed by atoms with Gasteiger partial charge in [-0.3, -0.25) is 9.69 Å². The maximum absolute atomic E-state index is 12.0. The summed E-state index contributed by atoms with van der Waals surface area (Å²) in [6.07, 6.45) is 3.30. The van der Waals surface area contributed by atoms with E-state index in [9.17, 15) is 9.59 Å². The van der Waals surface area contributed by atoms with Crippen LogP contribution in [0.15, 0.2) is 24.3 Å². The standard InChI is InChI=1S/C22H34N4O3/c1-2-10-23-21(27)19-3-5-20(6-4-19)25-16-14-24(15-17-25)11-7-18-8-12-26(13-9-18)22(28)29/h3-6,18H,2,7-17H2,1H3,(H,23,27)(H,28,29). The molecule has 7 heteroatoms. The first-order valence-electron chi connectivity index (χ1n) is 10.9. The molecule has 2 amide bonds. The van der Waals surface area contributed by atoms with Crippen LogP contribution in [0, 0.1) is 5.92 Å². The number of nitrogens with zero attached hydrogens (tertiary/aromatic N) is 3. The largest absolute Gasteiger partial charge is 0.465 e. The average Bonchev–Trinajstić information content (AvgIpc) is 2.77. The minimum absolute atomic E-state index is 0.00240. The third-order valence-corrected chi connectivity index (χ3v) is 6.14. The highest BCUT2D eigenvalue weighted by molar-refractivity contribution is 5.94. The van der Waals surface area contributed by atoms with Gasteiger partial charge in [0, 0.05) is 57.1 Å². The van der Waals surface area contributed by atoms with Crippen molar-refractivity contribution in [3.05, 3.63) is 29.8 Å². The Balaban J connectivity index is 1.38. The van der Waals surface area contributed by atoms with Crippen molar-refractivity contribution in [1.82, 2.24) is 15.1 Å². The molecular weight excluding hydrogens is 368 g/mol. The number of piperidine rings is 1. The molecule has 0 radical (unpaired) electrons. The second kappa shape index (κ2) is 10.5. The third-order valence-electron chi connectivity index (χ3n) is 6.14. The fourth-order valence-corrected chi connectivity index (χ4v) is 4.17. The van der Waals surface area contributed by atoms with Gasteiger partial charge in [0.05, 0.1) is 0 Å². The van der Waals surface area contributed by atoms with Gasteiger partial charge < -0.3 is 20.2 Å². The van der Waals surface area contributed by atoms with E-state index < -0.39 is 6.09 Å². The third kappa shape index (κ3) is 6.10. The highest BCUT2D eigenvalue weighted by Gasteiger charge is 2.23. The fourth-order valence-electron chi connectivity index (χ4n) is 4.17. The molecule has 0 saturated carbocycles. The first kappa shape index (κ1) is 21.4. The van der Waals surface area contributed by atoms with Crippen LogP contribution in [0.25, 0.3) is 0 Å². The molecule has 2 aliphatic heterocycles. The van der Waals surface area contributed by atoms with Gasteiger partial charge in [-0.05, 0) is 62.4 Å². The Morgan fingerprint density at radius 1 is 1.03 bits per heavy atom. The number of likely N-dealkylation sites (tertiary alicyclic amines) is 1.